The number of ether oxygens (including phenoxy) is 2. The summed E-state index contributed by atoms with van der Waals surface area (Å²) >= 11 is 0. The van der Waals surface area contributed by atoms with Gasteiger partial charge in [0.15, 0.2) is 0 Å². The van der Waals surface area contributed by atoms with Crippen molar-refractivity contribution in [2.45, 2.75) is 12.8 Å². The third-order valence-corrected chi connectivity index (χ3v) is 2.12. The van der Waals surface area contributed by atoms with E-state index in [0.717, 1.165) is 0 Å². The van der Waals surface area contributed by atoms with E-state index in [1.165, 1.54) is 32.4 Å². The number of nitrogens with one attached hydrogen (secondary N) is 1. The number of hydrogen-bond acceptors (Lipinski definition) is 3. The summed E-state index contributed by atoms with van der Waals surface area (Å²) < 4.78 is 46.2. The molecule has 18 heavy (non-hydrogen) atoms. The molecule has 1 aromatic rings. The Bertz CT molecular complexity index is 432. The van der Waals surface area contributed by atoms with E-state index in [4.69, 9.17) is 9.47 Å². The van der Waals surface area contributed by atoms with Crippen molar-refractivity contribution in [2.75, 3.05) is 19.5 Å². The van der Waals surface area contributed by atoms with Gasteiger partial charge < -0.3 is 14.8 Å². The quantitative estimate of drug-likeness (QED) is 0.907. The van der Waals surface area contributed by atoms with Gasteiger partial charge in [0.05, 0.1) is 13.7 Å². The topological polar surface area (TPSA) is 47.6 Å². The number of methoxy groups -OCH3 is 2. The summed E-state index contributed by atoms with van der Waals surface area (Å²) in [6, 6.07) is 4.28. The predicted octanol–water partition coefficient (Wildman–Crippen LogP) is 2.34. The molecule has 0 aliphatic rings. The standard InChI is InChI=1S/C11H12F3NO3/c1-17-6-7-5-8(18-2)3-4-9(7)15-10(16)11(12,13)14/h3-5H,6H2,1-2H3,(H,15,16). The van der Waals surface area contributed by atoms with Crippen LogP contribution >= 0.6 is 0 Å². The van der Waals surface area contributed by atoms with E-state index in [1.54, 1.807) is 5.32 Å². The molecular formula is C11H12F3NO3. The summed E-state index contributed by atoms with van der Waals surface area (Å²) in [7, 11) is 2.83. The highest BCUT2D eigenvalue weighted by molar-refractivity contribution is 5.95. The fraction of sp³-hybridized carbons (Fsp3) is 0.364. The van der Waals surface area contributed by atoms with E-state index in [-0.39, 0.29) is 12.3 Å². The van der Waals surface area contributed by atoms with Gasteiger partial charge in [-0.15, -0.1) is 0 Å². The van der Waals surface area contributed by atoms with Crippen LogP contribution in [0, 0.1) is 0 Å². The van der Waals surface area contributed by atoms with Gasteiger partial charge in [-0.05, 0) is 18.2 Å². The van der Waals surface area contributed by atoms with E-state index in [9.17, 15) is 18.0 Å². The van der Waals surface area contributed by atoms with Gasteiger partial charge in [-0.3, -0.25) is 4.79 Å². The number of carbonyl (C=O) groups excluding carboxylic acids is 1. The van der Waals surface area contributed by atoms with Crippen molar-refractivity contribution in [2.24, 2.45) is 0 Å². The zero-order chi connectivity index (χ0) is 13.8. The molecule has 1 rings (SSSR count). The molecule has 0 fully saturated rings. The molecule has 4 nitrogen and oxygen atoms in total. The van der Waals surface area contributed by atoms with Crippen molar-refractivity contribution in [1.82, 2.24) is 0 Å². The first kappa shape index (κ1) is 14.3. The molecule has 0 heterocycles. The van der Waals surface area contributed by atoms with Crippen molar-refractivity contribution in [1.29, 1.82) is 0 Å². The summed E-state index contributed by atoms with van der Waals surface area (Å²) in [4.78, 5) is 10.8. The molecule has 100 valence electrons. The van der Waals surface area contributed by atoms with E-state index >= 15 is 0 Å². The SMILES string of the molecule is COCc1cc(OC)ccc1NC(=O)C(F)(F)F. The van der Waals surface area contributed by atoms with Crippen LogP contribution < -0.4 is 10.1 Å². The highest BCUT2D eigenvalue weighted by Crippen LogP contribution is 2.25. The minimum Gasteiger partial charge on any atom is -0.497 e. The first-order chi connectivity index (χ1) is 8.38. The van der Waals surface area contributed by atoms with Gasteiger partial charge in [0.2, 0.25) is 0 Å². The molecule has 0 atom stereocenters. The highest BCUT2D eigenvalue weighted by atomic mass is 19.4. The number of carbonyl (C=O) groups is 1. The maximum atomic E-state index is 12.1. The van der Waals surface area contributed by atoms with Crippen molar-refractivity contribution < 1.29 is 27.4 Å². The molecule has 0 aliphatic heterocycles. The second kappa shape index (κ2) is 5.72. The molecule has 0 aliphatic carbocycles. The van der Waals surface area contributed by atoms with Crippen molar-refractivity contribution in [3.05, 3.63) is 23.8 Å². The van der Waals surface area contributed by atoms with E-state index in [2.05, 4.69) is 0 Å². The monoisotopic (exact) mass is 263 g/mol. The van der Waals surface area contributed by atoms with Crippen LogP contribution in [0.3, 0.4) is 0 Å². The molecule has 7 heteroatoms. The van der Waals surface area contributed by atoms with Crippen LogP contribution in [0.15, 0.2) is 18.2 Å². The Labute approximate surface area is 102 Å². The molecule has 1 N–H and O–H groups in total. The summed E-state index contributed by atoms with van der Waals surface area (Å²) in [5, 5.41) is 1.79. The molecular weight excluding hydrogens is 251 g/mol. The highest BCUT2D eigenvalue weighted by Gasteiger charge is 2.38. The lowest BCUT2D eigenvalue weighted by Crippen LogP contribution is -2.30. The van der Waals surface area contributed by atoms with Crippen LogP contribution in [0.2, 0.25) is 0 Å². The normalized spacial score (nSPS) is 11.2. The molecule has 0 saturated carbocycles. The first-order valence-electron chi connectivity index (χ1n) is 4.92. The minimum atomic E-state index is -4.93. The maximum Gasteiger partial charge on any atom is 0.471 e. The number of amides is 1. The lowest BCUT2D eigenvalue weighted by molar-refractivity contribution is -0.167. The Kier molecular flexibility index (Phi) is 4.55. The van der Waals surface area contributed by atoms with Gasteiger partial charge in [-0.25, -0.2) is 0 Å². The smallest absolute Gasteiger partial charge is 0.471 e. The molecule has 0 bridgehead atoms. The largest absolute Gasteiger partial charge is 0.497 e. The van der Waals surface area contributed by atoms with E-state index in [0.29, 0.717) is 11.3 Å². The lowest BCUT2D eigenvalue weighted by atomic mass is 10.1. The zero-order valence-electron chi connectivity index (χ0n) is 9.80. The van der Waals surface area contributed by atoms with Crippen LogP contribution in [-0.4, -0.2) is 26.3 Å². The summed E-state index contributed by atoms with van der Waals surface area (Å²) in [6.45, 7) is 0.0602. The predicted molar refractivity (Wildman–Crippen MR) is 58.4 cm³/mol. The number of hydrogen-bond donors (Lipinski definition) is 1. The second-order valence-electron chi connectivity index (χ2n) is 3.41. The summed E-state index contributed by atoms with van der Waals surface area (Å²) in [5.74, 6) is -1.56. The Balaban J connectivity index is 2.97. The molecule has 0 radical (unpaired) electrons. The third-order valence-electron chi connectivity index (χ3n) is 2.12. The molecule has 1 amide bonds. The number of alkyl halides is 3. The average Bonchev–Trinajstić information content (AvgIpc) is 2.30. The number of halogens is 3. The van der Waals surface area contributed by atoms with Crippen molar-refractivity contribution in [3.8, 4) is 5.75 Å². The van der Waals surface area contributed by atoms with Crippen LogP contribution in [0.1, 0.15) is 5.56 Å². The Morgan fingerprint density at radius 3 is 2.50 bits per heavy atom. The first-order valence-corrected chi connectivity index (χ1v) is 4.92. The van der Waals surface area contributed by atoms with Gasteiger partial charge >= 0.3 is 12.1 Å². The van der Waals surface area contributed by atoms with Gasteiger partial charge in [-0.1, -0.05) is 0 Å². The van der Waals surface area contributed by atoms with Crippen molar-refractivity contribution in [3.63, 3.8) is 0 Å². The average molecular weight is 263 g/mol. The minimum absolute atomic E-state index is 0.0416. The fourth-order valence-corrected chi connectivity index (χ4v) is 1.29. The molecule has 0 saturated heterocycles. The zero-order valence-corrected chi connectivity index (χ0v) is 9.80. The van der Waals surface area contributed by atoms with Gasteiger partial charge in [0.25, 0.3) is 0 Å². The van der Waals surface area contributed by atoms with Crippen LogP contribution in [-0.2, 0) is 16.1 Å². The third kappa shape index (κ3) is 3.63. The van der Waals surface area contributed by atoms with E-state index < -0.39 is 12.1 Å². The number of benzene rings is 1. The Morgan fingerprint density at radius 1 is 1.33 bits per heavy atom. The summed E-state index contributed by atoms with van der Waals surface area (Å²) in [6.07, 6.45) is -4.93. The van der Waals surface area contributed by atoms with Crippen LogP contribution in [0.5, 0.6) is 5.75 Å². The summed E-state index contributed by atoms with van der Waals surface area (Å²) in [5.41, 5.74) is 0.439. The molecule has 0 spiro atoms. The van der Waals surface area contributed by atoms with Gasteiger partial charge in [-0.2, -0.15) is 13.2 Å². The van der Waals surface area contributed by atoms with Crippen LogP contribution in [0.4, 0.5) is 18.9 Å². The van der Waals surface area contributed by atoms with Crippen LogP contribution in [0.25, 0.3) is 0 Å². The second-order valence-corrected chi connectivity index (χ2v) is 3.41. The van der Waals surface area contributed by atoms with E-state index in [1.807, 2.05) is 0 Å². The fourth-order valence-electron chi connectivity index (χ4n) is 1.29. The maximum absolute atomic E-state index is 12.1. The van der Waals surface area contributed by atoms with Gasteiger partial charge in [0.1, 0.15) is 5.75 Å². The molecule has 1 aromatic carbocycles. The number of rotatable bonds is 4. The molecule has 0 unspecified atom stereocenters. The number of anilines is 1. The van der Waals surface area contributed by atoms with Gasteiger partial charge in [0, 0.05) is 18.4 Å². The Hall–Kier alpha value is -1.76. The lowest BCUT2D eigenvalue weighted by Gasteiger charge is -2.13. The van der Waals surface area contributed by atoms with Crippen molar-refractivity contribution >= 4 is 11.6 Å². The Morgan fingerprint density at radius 2 is 2.00 bits per heavy atom. The molecule has 0 aromatic heterocycles.